The van der Waals surface area contributed by atoms with E-state index in [1.165, 1.54) is 11.6 Å². The van der Waals surface area contributed by atoms with Gasteiger partial charge in [0.05, 0.1) is 17.5 Å². The third kappa shape index (κ3) is 6.07. The minimum atomic E-state index is -4.24. The fraction of sp³-hybridized carbons (Fsp3) is 0.474. The SMILES string of the molecule is CCN(CC)CCn1c(CCC(F)(F)F)nc2cc(/C=C/C(=O)NO)ccc21. The zero-order valence-electron chi connectivity index (χ0n) is 16.0. The largest absolute Gasteiger partial charge is 0.389 e. The van der Waals surface area contributed by atoms with Gasteiger partial charge in [-0.1, -0.05) is 19.9 Å². The maximum atomic E-state index is 12.7. The van der Waals surface area contributed by atoms with Gasteiger partial charge in [0.25, 0.3) is 5.91 Å². The molecule has 0 aliphatic rings. The number of rotatable bonds is 9. The second-order valence-corrected chi connectivity index (χ2v) is 6.38. The molecular formula is C19H25F3N4O2. The van der Waals surface area contributed by atoms with Crippen LogP contribution >= 0.6 is 0 Å². The Bertz CT molecular complexity index is 826. The molecule has 28 heavy (non-hydrogen) atoms. The molecule has 1 heterocycles. The van der Waals surface area contributed by atoms with Gasteiger partial charge in [0, 0.05) is 25.6 Å². The molecule has 154 valence electrons. The van der Waals surface area contributed by atoms with Crippen molar-refractivity contribution in [1.29, 1.82) is 0 Å². The van der Waals surface area contributed by atoms with Crippen LogP contribution < -0.4 is 5.48 Å². The summed E-state index contributed by atoms with van der Waals surface area (Å²) in [6.07, 6.45) is -2.70. The number of nitrogens with one attached hydrogen (secondary N) is 1. The van der Waals surface area contributed by atoms with Gasteiger partial charge in [-0.15, -0.1) is 0 Å². The highest BCUT2D eigenvalue weighted by Gasteiger charge is 2.28. The molecule has 6 nitrogen and oxygen atoms in total. The van der Waals surface area contributed by atoms with E-state index >= 15 is 0 Å². The zero-order chi connectivity index (χ0) is 20.7. The van der Waals surface area contributed by atoms with E-state index in [2.05, 4.69) is 9.88 Å². The van der Waals surface area contributed by atoms with Crippen LogP contribution in [0.1, 0.15) is 31.7 Å². The number of imidazole rings is 1. The molecule has 0 atom stereocenters. The van der Waals surface area contributed by atoms with Crippen LogP contribution in [0, 0.1) is 0 Å². The highest BCUT2D eigenvalue weighted by molar-refractivity contribution is 5.91. The Hall–Kier alpha value is -2.39. The molecule has 0 radical (unpaired) electrons. The van der Waals surface area contributed by atoms with Crippen molar-refractivity contribution < 1.29 is 23.2 Å². The van der Waals surface area contributed by atoms with Crippen molar-refractivity contribution in [2.24, 2.45) is 0 Å². The van der Waals surface area contributed by atoms with Crippen LogP contribution in [0.5, 0.6) is 0 Å². The maximum Gasteiger partial charge on any atom is 0.389 e. The van der Waals surface area contributed by atoms with Crippen LogP contribution in [0.15, 0.2) is 24.3 Å². The molecule has 1 amide bonds. The summed E-state index contributed by atoms with van der Waals surface area (Å²) >= 11 is 0. The molecule has 0 spiro atoms. The number of nitrogens with zero attached hydrogens (tertiary/aromatic N) is 3. The van der Waals surface area contributed by atoms with Crippen LogP contribution in [-0.4, -0.2) is 51.4 Å². The Morgan fingerprint density at radius 1 is 1.32 bits per heavy atom. The topological polar surface area (TPSA) is 70.4 Å². The first-order valence-electron chi connectivity index (χ1n) is 9.17. The van der Waals surface area contributed by atoms with E-state index in [0.29, 0.717) is 23.4 Å². The number of fused-ring (bicyclic) bond motifs is 1. The summed E-state index contributed by atoms with van der Waals surface area (Å²) < 4.78 is 40.0. The lowest BCUT2D eigenvalue weighted by molar-refractivity contribution is -0.134. The smallest absolute Gasteiger partial charge is 0.327 e. The number of amides is 1. The number of likely N-dealkylation sites (N-methyl/N-ethyl adjacent to an activating group) is 1. The van der Waals surface area contributed by atoms with Gasteiger partial charge in [-0.2, -0.15) is 13.2 Å². The van der Waals surface area contributed by atoms with Crippen molar-refractivity contribution in [3.8, 4) is 0 Å². The first-order valence-corrected chi connectivity index (χ1v) is 9.17. The van der Waals surface area contributed by atoms with Crippen LogP contribution in [0.3, 0.4) is 0 Å². The predicted octanol–water partition coefficient (Wildman–Crippen LogP) is 3.39. The lowest BCUT2D eigenvalue weighted by Gasteiger charge is -2.19. The van der Waals surface area contributed by atoms with Crippen LogP contribution in [0.2, 0.25) is 0 Å². The van der Waals surface area contributed by atoms with Crippen molar-refractivity contribution >= 4 is 23.0 Å². The number of benzene rings is 1. The number of hydrogen-bond acceptors (Lipinski definition) is 4. The number of aryl methyl sites for hydroxylation is 1. The second-order valence-electron chi connectivity index (χ2n) is 6.38. The Morgan fingerprint density at radius 2 is 2.04 bits per heavy atom. The molecule has 2 N–H and O–H groups in total. The van der Waals surface area contributed by atoms with Crippen LogP contribution in [-0.2, 0) is 17.8 Å². The Labute approximate surface area is 161 Å². The molecule has 0 bridgehead atoms. The average Bonchev–Trinajstić information content (AvgIpc) is 3.01. The van der Waals surface area contributed by atoms with E-state index in [9.17, 15) is 18.0 Å². The van der Waals surface area contributed by atoms with Crippen molar-refractivity contribution in [3.63, 3.8) is 0 Å². The number of hydrogen-bond donors (Lipinski definition) is 2. The molecule has 2 aromatic rings. The molecule has 0 aliphatic heterocycles. The Morgan fingerprint density at radius 3 is 2.64 bits per heavy atom. The average molecular weight is 398 g/mol. The molecule has 0 saturated heterocycles. The van der Waals surface area contributed by atoms with Crippen LogP contribution in [0.25, 0.3) is 17.1 Å². The molecule has 0 saturated carbocycles. The first-order chi connectivity index (χ1) is 13.3. The highest BCUT2D eigenvalue weighted by atomic mass is 19.4. The number of carbonyl (C=O) groups is 1. The lowest BCUT2D eigenvalue weighted by Crippen LogP contribution is -2.27. The normalized spacial score (nSPS) is 12.4. The van der Waals surface area contributed by atoms with E-state index < -0.39 is 18.5 Å². The summed E-state index contributed by atoms with van der Waals surface area (Å²) in [4.78, 5) is 17.7. The molecule has 2 rings (SSSR count). The van der Waals surface area contributed by atoms with E-state index in [-0.39, 0.29) is 6.42 Å². The molecule has 0 aliphatic carbocycles. The molecular weight excluding hydrogens is 373 g/mol. The fourth-order valence-electron chi connectivity index (χ4n) is 2.98. The number of halogens is 3. The summed E-state index contributed by atoms with van der Waals surface area (Å²) in [5.41, 5.74) is 3.49. The minimum absolute atomic E-state index is 0.186. The van der Waals surface area contributed by atoms with Crippen LogP contribution in [0.4, 0.5) is 13.2 Å². The predicted molar refractivity (Wildman–Crippen MR) is 101 cm³/mol. The van der Waals surface area contributed by atoms with Crippen molar-refractivity contribution in [1.82, 2.24) is 19.9 Å². The van der Waals surface area contributed by atoms with Gasteiger partial charge in [0.1, 0.15) is 5.82 Å². The van der Waals surface area contributed by atoms with E-state index in [0.717, 1.165) is 31.2 Å². The summed E-state index contributed by atoms with van der Waals surface area (Å²) in [5, 5.41) is 8.53. The van der Waals surface area contributed by atoms with Gasteiger partial charge in [0.15, 0.2) is 0 Å². The molecule has 1 aromatic heterocycles. The minimum Gasteiger partial charge on any atom is -0.327 e. The monoisotopic (exact) mass is 398 g/mol. The molecule has 9 heteroatoms. The first kappa shape index (κ1) is 21.9. The van der Waals surface area contributed by atoms with Gasteiger partial charge < -0.3 is 9.47 Å². The standard InChI is InChI=1S/C19H25F3N4O2/c1-3-25(4-2)11-12-26-16-7-5-14(6-8-18(27)24-28)13-15(16)23-17(26)9-10-19(20,21)22/h5-8,13,28H,3-4,9-12H2,1-2H3,(H,24,27)/b8-6+. The third-order valence-electron chi connectivity index (χ3n) is 4.56. The van der Waals surface area contributed by atoms with Gasteiger partial charge in [0.2, 0.25) is 0 Å². The van der Waals surface area contributed by atoms with Gasteiger partial charge in [-0.05, 0) is 36.9 Å². The number of aromatic nitrogens is 2. The fourth-order valence-corrected chi connectivity index (χ4v) is 2.98. The third-order valence-corrected chi connectivity index (χ3v) is 4.56. The van der Waals surface area contributed by atoms with Crippen molar-refractivity contribution in [2.45, 2.75) is 39.4 Å². The zero-order valence-corrected chi connectivity index (χ0v) is 16.0. The molecule has 0 fully saturated rings. The quantitative estimate of drug-likeness (QED) is 0.386. The van der Waals surface area contributed by atoms with E-state index in [1.807, 2.05) is 18.4 Å². The van der Waals surface area contributed by atoms with E-state index in [4.69, 9.17) is 5.21 Å². The Balaban J connectivity index is 2.34. The summed E-state index contributed by atoms with van der Waals surface area (Å²) in [6, 6.07) is 5.26. The lowest BCUT2D eigenvalue weighted by atomic mass is 10.2. The summed E-state index contributed by atoms with van der Waals surface area (Å²) in [7, 11) is 0. The molecule has 0 unspecified atom stereocenters. The van der Waals surface area contributed by atoms with E-state index in [1.54, 1.807) is 18.2 Å². The number of alkyl halides is 3. The van der Waals surface area contributed by atoms with Gasteiger partial charge in [-0.25, -0.2) is 10.5 Å². The van der Waals surface area contributed by atoms with Crippen molar-refractivity contribution in [2.75, 3.05) is 19.6 Å². The summed E-state index contributed by atoms with van der Waals surface area (Å²) in [6.45, 7) is 7.08. The Kier molecular flexibility index (Phi) is 7.59. The van der Waals surface area contributed by atoms with Crippen molar-refractivity contribution in [3.05, 3.63) is 35.7 Å². The summed E-state index contributed by atoms with van der Waals surface area (Å²) in [5.74, 6) is -0.274. The number of hydroxylamine groups is 1. The maximum absolute atomic E-state index is 12.7. The number of carbonyl (C=O) groups excluding carboxylic acids is 1. The van der Waals surface area contributed by atoms with Gasteiger partial charge >= 0.3 is 6.18 Å². The van der Waals surface area contributed by atoms with Gasteiger partial charge in [-0.3, -0.25) is 10.0 Å². The second kappa shape index (κ2) is 9.70. The molecule has 1 aromatic carbocycles. The highest BCUT2D eigenvalue weighted by Crippen LogP contribution is 2.25.